The Balaban J connectivity index is 1.79. The summed E-state index contributed by atoms with van der Waals surface area (Å²) in [6.45, 7) is 7.33. The number of hydrogen-bond donors (Lipinski definition) is 2. The van der Waals surface area contributed by atoms with E-state index in [1.54, 1.807) is 12.1 Å². The van der Waals surface area contributed by atoms with Crippen molar-refractivity contribution >= 4 is 11.9 Å². The first-order valence-electron chi connectivity index (χ1n) is 8.29. The zero-order valence-corrected chi connectivity index (χ0v) is 14.7. The lowest BCUT2D eigenvalue weighted by Crippen LogP contribution is -2.29. The molecule has 0 aliphatic carbocycles. The molecule has 6 heteroatoms. The van der Waals surface area contributed by atoms with Crippen LogP contribution in [0.4, 0.5) is 0 Å². The maximum atomic E-state index is 12.2. The number of methoxy groups -OCH3 is 1. The third-order valence-corrected chi connectivity index (χ3v) is 4.25. The van der Waals surface area contributed by atoms with Gasteiger partial charge in [-0.3, -0.25) is 4.79 Å². The Morgan fingerprint density at radius 1 is 1.32 bits per heavy atom. The first kappa shape index (κ1) is 18.6. The Morgan fingerprint density at radius 3 is 2.56 bits per heavy atom. The van der Waals surface area contributed by atoms with Gasteiger partial charge in [0.05, 0.1) is 30.5 Å². The second-order valence-corrected chi connectivity index (χ2v) is 5.84. The quantitative estimate of drug-likeness (QED) is 0.585. The fraction of sp³-hybridized carbons (Fsp3) is 0.368. The molecule has 6 nitrogen and oxygen atoms in total. The molecule has 0 atom stereocenters. The van der Waals surface area contributed by atoms with Crippen LogP contribution in [0.5, 0.6) is 0 Å². The summed E-state index contributed by atoms with van der Waals surface area (Å²) in [4.78, 5) is 25.4. The zero-order chi connectivity index (χ0) is 18.4. The van der Waals surface area contributed by atoms with Crippen LogP contribution < -0.4 is 5.32 Å². The molecule has 0 fully saturated rings. The maximum absolute atomic E-state index is 12.2. The molecule has 1 aromatic rings. The number of ether oxygens (including phenoxy) is 1. The van der Waals surface area contributed by atoms with Crippen LogP contribution in [-0.2, 0) is 16.0 Å². The summed E-state index contributed by atoms with van der Waals surface area (Å²) in [6, 6.07) is 7.21. The highest BCUT2D eigenvalue weighted by molar-refractivity contribution is 5.95. The van der Waals surface area contributed by atoms with Crippen LogP contribution in [0, 0.1) is 0 Å². The van der Waals surface area contributed by atoms with Gasteiger partial charge in [-0.05, 0) is 37.5 Å². The van der Waals surface area contributed by atoms with Crippen molar-refractivity contribution in [3.8, 4) is 0 Å². The highest BCUT2D eigenvalue weighted by Gasteiger charge is 2.28. The van der Waals surface area contributed by atoms with Gasteiger partial charge in [-0.1, -0.05) is 18.7 Å². The van der Waals surface area contributed by atoms with E-state index in [1.807, 2.05) is 24.0 Å². The molecule has 0 saturated carbocycles. The highest BCUT2D eigenvalue weighted by atomic mass is 16.5. The summed E-state index contributed by atoms with van der Waals surface area (Å²) in [5, 5.41) is 12.8. The number of nitrogens with one attached hydrogen (secondary N) is 1. The van der Waals surface area contributed by atoms with E-state index in [4.69, 9.17) is 0 Å². The number of nitrogens with zero attached hydrogens (tertiary/aromatic N) is 1. The van der Waals surface area contributed by atoms with Crippen LogP contribution in [0.3, 0.4) is 0 Å². The standard InChI is InChI=1S/C19H24N2O4/c1-4-21-12-16(17(22)13(21)2)18(23)20-11-5-6-14-7-9-15(10-8-14)19(24)25-3/h7-10,22H,2,4-6,11-12H2,1,3H3,(H,20,23). The van der Waals surface area contributed by atoms with Gasteiger partial charge < -0.3 is 20.1 Å². The lowest BCUT2D eigenvalue weighted by molar-refractivity contribution is -0.117. The van der Waals surface area contributed by atoms with Crippen molar-refractivity contribution in [3.63, 3.8) is 0 Å². The third kappa shape index (κ3) is 4.41. The molecule has 1 amide bonds. The molecule has 0 saturated heterocycles. The van der Waals surface area contributed by atoms with Crippen molar-refractivity contribution in [2.75, 3.05) is 26.7 Å². The number of hydrogen-bond acceptors (Lipinski definition) is 5. The summed E-state index contributed by atoms with van der Waals surface area (Å²) in [6.07, 6.45) is 1.54. The van der Waals surface area contributed by atoms with Crippen molar-refractivity contribution in [2.24, 2.45) is 0 Å². The Kier molecular flexibility index (Phi) is 6.22. The summed E-state index contributed by atoms with van der Waals surface area (Å²) in [5.41, 5.74) is 2.46. The molecule has 0 aromatic heterocycles. The predicted octanol–water partition coefficient (Wildman–Crippen LogP) is 2.18. The Morgan fingerprint density at radius 2 is 2.00 bits per heavy atom. The number of aryl methyl sites for hydroxylation is 1. The number of rotatable bonds is 7. The molecule has 1 aromatic carbocycles. The molecule has 2 N–H and O–H groups in total. The van der Waals surface area contributed by atoms with Gasteiger partial charge in [-0.15, -0.1) is 0 Å². The normalized spacial score (nSPS) is 14.0. The molecule has 0 bridgehead atoms. The van der Waals surface area contributed by atoms with Gasteiger partial charge in [-0.25, -0.2) is 4.79 Å². The summed E-state index contributed by atoms with van der Waals surface area (Å²) < 4.78 is 4.66. The SMILES string of the molecule is C=C1C(O)=C(C(=O)NCCCc2ccc(C(=O)OC)cc2)CN1CC. The van der Waals surface area contributed by atoms with Crippen molar-refractivity contribution in [2.45, 2.75) is 19.8 Å². The van der Waals surface area contributed by atoms with E-state index in [1.165, 1.54) is 7.11 Å². The molecule has 25 heavy (non-hydrogen) atoms. The second-order valence-electron chi connectivity index (χ2n) is 5.84. The van der Waals surface area contributed by atoms with Crippen LogP contribution in [0.25, 0.3) is 0 Å². The number of carbonyl (C=O) groups excluding carboxylic acids is 2. The number of likely N-dealkylation sites (N-methyl/N-ethyl adjacent to an activating group) is 1. The number of amides is 1. The van der Waals surface area contributed by atoms with Gasteiger partial charge in [-0.2, -0.15) is 0 Å². The fourth-order valence-corrected chi connectivity index (χ4v) is 2.69. The van der Waals surface area contributed by atoms with Gasteiger partial charge >= 0.3 is 5.97 Å². The molecule has 0 radical (unpaired) electrons. The highest BCUT2D eigenvalue weighted by Crippen LogP contribution is 2.24. The van der Waals surface area contributed by atoms with Crippen molar-refractivity contribution in [1.82, 2.24) is 10.2 Å². The molecule has 0 unspecified atom stereocenters. The van der Waals surface area contributed by atoms with Crippen LogP contribution in [0.2, 0.25) is 0 Å². The smallest absolute Gasteiger partial charge is 0.337 e. The third-order valence-electron chi connectivity index (χ3n) is 4.25. The monoisotopic (exact) mass is 344 g/mol. The van der Waals surface area contributed by atoms with Gasteiger partial charge in [0.1, 0.15) is 5.76 Å². The van der Waals surface area contributed by atoms with Gasteiger partial charge in [0.15, 0.2) is 0 Å². The molecule has 1 aliphatic rings. The predicted molar refractivity (Wildman–Crippen MR) is 95.2 cm³/mol. The van der Waals surface area contributed by atoms with E-state index in [9.17, 15) is 14.7 Å². The molecule has 1 heterocycles. The van der Waals surface area contributed by atoms with E-state index in [0.29, 0.717) is 36.5 Å². The number of esters is 1. The van der Waals surface area contributed by atoms with Gasteiger partial charge in [0.2, 0.25) is 0 Å². The van der Waals surface area contributed by atoms with Gasteiger partial charge in [0.25, 0.3) is 5.91 Å². The zero-order valence-electron chi connectivity index (χ0n) is 14.7. The van der Waals surface area contributed by atoms with Crippen LogP contribution in [0.15, 0.2) is 47.9 Å². The second kappa shape index (κ2) is 8.37. The van der Waals surface area contributed by atoms with Crippen molar-refractivity contribution < 1.29 is 19.4 Å². The minimum atomic E-state index is -0.355. The number of aliphatic hydroxyl groups is 1. The topological polar surface area (TPSA) is 78.9 Å². The number of benzene rings is 1. The van der Waals surface area contributed by atoms with Crippen LogP contribution in [-0.4, -0.2) is 48.6 Å². The fourth-order valence-electron chi connectivity index (χ4n) is 2.69. The Bertz CT molecular complexity index is 692. The Labute approximate surface area is 147 Å². The van der Waals surface area contributed by atoms with Crippen LogP contribution in [0.1, 0.15) is 29.3 Å². The average Bonchev–Trinajstić information content (AvgIpc) is 2.93. The summed E-state index contributed by atoms with van der Waals surface area (Å²) in [7, 11) is 1.35. The molecule has 1 aliphatic heterocycles. The van der Waals surface area contributed by atoms with E-state index in [-0.39, 0.29) is 17.6 Å². The molecule has 0 spiro atoms. The van der Waals surface area contributed by atoms with Crippen molar-refractivity contribution in [1.29, 1.82) is 0 Å². The average molecular weight is 344 g/mol. The minimum absolute atomic E-state index is 0.0160. The van der Waals surface area contributed by atoms with Gasteiger partial charge in [0, 0.05) is 13.1 Å². The molecule has 134 valence electrons. The van der Waals surface area contributed by atoms with Crippen molar-refractivity contribution in [3.05, 3.63) is 59.0 Å². The molecular weight excluding hydrogens is 320 g/mol. The molecular formula is C19H24N2O4. The number of carbonyl (C=O) groups is 2. The van der Waals surface area contributed by atoms with Crippen LogP contribution >= 0.6 is 0 Å². The lowest BCUT2D eigenvalue weighted by Gasteiger charge is -2.16. The van der Waals surface area contributed by atoms with E-state index >= 15 is 0 Å². The number of aliphatic hydroxyl groups excluding tert-OH is 1. The minimum Gasteiger partial charge on any atom is -0.505 e. The Hall–Kier alpha value is -2.76. The summed E-state index contributed by atoms with van der Waals surface area (Å²) >= 11 is 0. The summed E-state index contributed by atoms with van der Waals surface area (Å²) in [5.74, 6) is -0.625. The molecule has 2 rings (SSSR count). The first-order chi connectivity index (χ1) is 12.0. The lowest BCUT2D eigenvalue weighted by atomic mass is 10.1. The van der Waals surface area contributed by atoms with E-state index in [2.05, 4.69) is 16.6 Å². The first-order valence-corrected chi connectivity index (χ1v) is 8.29. The largest absolute Gasteiger partial charge is 0.505 e. The van der Waals surface area contributed by atoms with E-state index < -0.39 is 0 Å². The maximum Gasteiger partial charge on any atom is 0.337 e. The van der Waals surface area contributed by atoms with E-state index in [0.717, 1.165) is 18.4 Å².